The second kappa shape index (κ2) is 11.1. The molecule has 0 bridgehead atoms. The highest BCUT2D eigenvalue weighted by Crippen LogP contribution is 2.24. The molecule has 0 spiro atoms. The van der Waals surface area contributed by atoms with Gasteiger partial charge in [-0.25, -0.2) is 0 Å². The molecule has 1 N–H and O–H groups in total. The highest BCUT2D eigenvalue weighted by atomic mass is 16.3. The Hall–Kier alpha value is -1.51. The van der Waals surface area contributed by atoms with Gasteiger partial charge in [0.25, 0.3) is 0 Å². The lowest BCUT2D eigenvalue weighted by Gasteiger charge is -2.25. The van der Waals surface area contributed by atoms with E-state index >= 15 is 0 Å². The molecule has 1 aromatic carbocycles. The molecule has 0 unspecified atom stereocenters. The van der Waals surface area contributed by atoms with E-state index in [4.69, 9.17) is 0 Å². The van der Waals surface area contributed by atoms with E-state index in [1.807, 2.05) is 6.07 Å². The first-order valence-corrected chi connectivity index (χ1v) is 8.76. The van der Waals surface area contributed by atoms with Gasteiger partial charge in [0.1, 0.15) is 5.75 Å². The average molecular weight is 305 g/mol. The van der Waals surface area contributed by atoms with Crippen LogP contribution < -0.4 is 4.90 Å². The van der Waals surface area contributed by atoms with Gasteiger partial charge >= 0.3 is 0 Å². The molecule has 124 valence electrons. The maximum atomic E-state index is 10.8. The van der Waals surface area contributed by atoms with Gasteiger partial charge in [-0.05, 0) is 25.0 Å². The Morgan fingerprint density at radius 2 is 1.55 bits per heavy atom. The van der Waals surface area contributed by atoms with Gasteiger partial charge in [0, 0.05) is 24.8 Å². The number of nitrogens with zero attached hydrogens (tertiary/aromatic N) is 1. The summed E-state index contributed by atoms with van der Waals surface area (Å²) < 4.78 is 0. The third-order valence-electron chi connectivity index (χ3n) is 4.07. The van der Waals surface area contributed by atoms with Crippen molar-refractivity contribution >= 4 is 12.0 Å². The number of benzene rings is 1. The molecule has 3 nitrogen and oxygen atoms in total. The molecular formula is C19H31NO2. The van der Waals surface area contributed by atoms with Crippen LogP contribution >= 0.6 is 0 Å². The number of hydrogen-bond acceptors (Lipinski definition) is 3. The van der Waals surface area contributed by atoms with Crippen LogP contribution in [0.1, 0.15) is 75.6 Å². The van der Waals surface area contributed by atoms with Crippen LogP contribution in [-0.4, -0.2) is 24.5 Å². The van der Waals surface area contributed by atoms with Crippen molar-refractivity contribution in [3.8, 4) is 5.75 Å². The minimum atomic E-state index is 0.0830. The number of aldehydes is 1. The highest BCUT2D eigenvalue weighted by molar-refractivity contribution is 5.80. The Balaban J connectivity index is 2.65. The zero-order valence-corrected chi connectivity index (χ0v) is 14.2. The second-order valence-electron chi connectivity index (χ2n) is 5.97. The van der Waals surface area contributed by atoms with Crippen molar-refractivity contribution < 1.29 is 9.90 Å². The zero-order valence-electron chi connectivity index (χ0n) is 14.2. The summed E-state index contributed by atoms with van der Waals surface area (Å²) in [6.07, 6.45) is 10.6. The van der Waals surface area contributed by atoms with E-state index in [9.17, 15) is 9.90 Å². The molecule has 0 atom stereocenters. The van der Waals surface area contributed by atoms with E-state index in [2.05, 4.69) is 18.7 Å². The average Bonchev–Trinajstić information content (AvgIpc) is 2.53. The van der Waals surface area contributed by atoms with Gasteiger partial charge in [-0.2, -0.15) is 0 Å². The molecule has 0 saturated heterocycles. The minimum Gasteiger partial charge on any atom is -0.507 e. The molecule has 3 heteroatoms. The lowest BCUT2D eigenvalue weighted by molar-refractivity contribution is 0.112. The Labute approximate surface area is 135 Å². The third kappa shape index (κ3) is 6.50. The first-order chi connectivity index (χ1) is 10.7. The van der Waals surface area contributed by atoms with Crippen LogP contribution in [0.2, 0.25) is 0 Å². The normalized spacial score (nSPS) is 10.6. The summed E-state index contributed by atoms with van der Waals surface area (Å²) in [4.78, 5) is 13.2. The smallest absolute Gasteiger partial charge is 0.153 e. The summed E-state index contributed by atoms with van der Waals surface area (Å²) in [5.74, 6) is 0.0830. The third-order valence-corrected chi connectivity index (χ3v) is 4.07. The van der Waals surface area contributed by atoms with Crippen LogP contribution in [0.5, 0.6) is 5.75 Å². The summed E-state index contributed by atoms with van der Waals surface area (Å²) in [6.45, 7) is 6.48. The number of carbonyl (C=O) groups excluding carboxylic acids is 1. The lowest BCUT2D eigenvalue weighted by atomic mass is 10.1. The van der Waals surface area contributed by atoms with Crippen LogP contribution in [0.25, 0.3) is 0 Å². The van der Waals surface area contributed by atoms with Gasteiger partial charge in [0.15, 0.2) is 6.29 Å². The lowest BCUT2D eigenvalue weighted by Crippen LogP contribution is -2.25. The molecule has 0 saturated carbocycles. The van der Waals surface area contributed by atoms with Crippen LogP contribution in [0.4, 0.5) is 5.69 Å². The maximum Gasteiger partial charge on any atom is 0.153 e. The first kappa shape index (κ1) is 18.5. The zero-order chi connectivity index (χ0) is 16.2. The van der Waals surface area contributed by atoms with Crippen molar-refractivity contribution in [3.05, 3.63) is 23.8 Å². The number of carbonyl (C=O) groups is 1. The van der Waals surface area contributed by atoms with Crippen molar-refractivity contribution in [2.45, 2.75) is 65.2 Å². The fourth-order valence-corrected chi connectivity index (χ4v) is 2.66. The fraction of sp³-hybridized carbons (Fsp3) is 0.632. The van der Waals surface area contributed by atoms with Gasteiger partial charge in [0.05, 0.1) is 5.56 Å². The van der Waals surface area contributed by atoms with Gasteiger partial charge in [-0.3, -0.25) is 4.79 Å². The molecule has 0 aromatic heterocycles. The number of phenolic OH excluding ortho intramolecular Hbond substituents is 1. The number of phenols is 1. The maximum absolute atomic E-state index is 10.8. The predicted molar refractivity (Wildman–Crippen MR) is 94.0 cm³/mol. The van der Waals surface area contributed by atoms with E-state index in [0.29, 0.717) is 11.8 Å². The number of unbranched alkanes of at least 4 members (excludes halogenated alkanes) is 6. The largest absolute Gasteiger partial charge is 0.507 e. The second-order valence-corrected chi connectivity index (χ2v) is 5.97. The van der Waals surface area contributed by atoms with Crippen molar-refractivity contribution in [3.63, 3.8) is 0 Å². The first-order valence-electron chi connectivity index (χ1n) is 8.76. The molecule has 22 heavy (non-hydrogen) atoms. The van der Waals surface area contributed by atoms with E-state index in [0.717, 1.165) is 18.8 Å². The molecule has 0 heterocycles. The fourth-order valence-electron chi connectivity index (χ4n) is 2.66. The summed E-state index contributed by atoms with van der Waals surface area (Å²) in [6, 6.07) is 5.38. The summed E-state index contributed by atoms with van der Waals surface area (Å²) in [5.41, 5.74) is 1.39. The van der Waals surface area contributed by atoms with Gasteiger partial charge in [-0.15, -0.1) is 0 Å². The Morgan fingerprint density at radius 3 is 2.00 bits per heavy atom. The van der Waals surface area contributed by atoms with Crippen LogP contribution in [-0.2, 0) is 0 Å². The van der Waals surface area contributed by atoms with Crippen molar-refractivity contribution in [2.24, 2.45) is 0 Å². The minimum absolute atomic E-state index is 0.0830. The van der Waals surface area contributed by atoms with Gasteiger partial charge in [-0.1, -0.05) is 52.4 Å². The molecule has 0 aliphatic carbocycles. The summed E-state index contributed by atoms with van der Waals surface area (Å²) in [5, 5.41) is 9.90. The number of anilines is 1. The van der Waals surface area contributed by atoms with E-state index in [-0.39, 0.29) is 5.75 Å². The topological polar surface area (TPSA) is 40.5 Å². The Morgan fingerprint density at radius 1 is 0.955 bits per heavy atom. The number of aromatic hydroxyl groups is 1. The van der Waals surface area contributed by atoms with Crippen LogP contribution in [0, 0.1) is 0 Å². The van der Waals surface area contributed by atoms with Crippen LogP contribution in [0.3, 0.4) is 0 Å². The molecule has 0 radical (unpaired) electrons. The van der Waals surface area contributed by atoms with Crippen LogP contribution in [0.15, 0.2) is 18.2 Å². The standard InChI is InChI=1S/C19H31NO2/c1-3-5-7-9-13-20(14-10-8-6-4-2)18-12-11-17(16-21)19(22)15-18/h11-12,15-16,22H,3-10,13-14H2,1-2H3. The SMILES string of the molecule is CCCCCCN(CCCCCC)c1ccc(C=O)c(O)c1. The van der Waals surface area contributed by atoms with Crippen molar-refractivity contribution in [2.75, 3.05) is 18.0 Å². The Kier molecular flexibility index (Phi) is 9.36. The molecule has 1 aromatic rings. The van der Waals surface area contributed by atoms with E-state index in [1.54, 1.807) is 12.1 Å². The molecule has 0 aliphatic rings. The molecule has 0 amide bonds. The Bertz CT molecular complexity index is 419. The molecule has 1 rings (SSSR count). The number of hydrogen-bond donors (Lipinski definition) is 1. The summed E-state index contributed by atoms with van der Waals surface area (Å²) >= 11 is 0. The quantitative estimate of drug-likeness (QED) is 0.428. The van der Waals surface area contributed by atoms with Crippen molar-refractivity contribution in [1.29, 1.82) is 0 Å². The number of rotatable bonds is 12. The predicted octanol–water partition coefficient (Wildman–Crippen LogP) is 5.17. The highest BCUT2D eigenvalue weighted by Gasteiger charge is 2.09. The monoisotopic (exact) mass is 305 g/mol. The van der Waals surface area contributed by atoms with E-state index < -0.39 is 0 Å². The molecule has 0 fully saturated rings. The molecular weight excluding hydrogens is 274 g/mol. The van der Waals surface area contributed by atoms with E-state index in [1.165, 1.54) is 51.4 Å². The van der Waals surface area contributed by atoms with Crippen molar-refractivity contribution in [1.82, 2.24) is 0 Å². The summed E-state index contributed by atoms with van der Waals surface area (Å²) in [7, 11) is 0. The van der Waals surface area contributed by atoms with Gasteiger partial charge < -0.3 is 10.0 Å². The molecule has 0 aliphatic heterocycles. The van der Waals surface area contributed by atoms with Gasteiger partial charge in [0.2, 0.25) is 0 Å².